The van der Waals surface area contributed by atoms with Crippen LogP contribution in [0.3, 0.4) is 0 Å². The molecule has 4 rings (SSSR count). The van der Waals surface area contributed by atoms with Gasteiger partial charge in [0.25, 0.3) is 5.91 Å². The van der Waals surface area contributed by atoms with E-state index in [-0.39, 0.29) is 5.91 Å². The van der Waals surface area contributed by atoms with Gasteiger partial charge in [0.15, 0.2) is 0 Å². The van der Waals surface area contributed by atoms with Gasteiger partial charge in [0.2, 0.25) is 0 Å². The number of hydrogen-bond donors (Lipinski definition) is 2. The molecule has 0 aliphatic heterocycles. The van der Waals surface area contributed by atoms with Gasteiger partial charge >= 0.3 is 0 Å². The molecule has 0 unspecified atom stereocenters. The number of hydrogen-bond acceptors (Lipinski definition) is 2. The second-order valence-corrected chi connectivity index (χ2v) is 6.40. The Morgan fingerprint density at radius 1 is 0.923 bits per heavy atom. The Balaban J connectivity index is 1.68. The van der Waals surface area contributed by atoms with Crippen molar-refractivity contribution < 1.29 is 4.79 Å². The molecule has 0 spiro atoms. The Bertz CT molecular complexity index is 1080. The fourth-order valence-electron chi connectivity index (χ4n) is 3.01. The summed E-state index contributed by atoms with van der Waals surface area (Å²) in [5.41, 5.74) is 6.29. The lowest BCUT2D eigenvalue weighted by atomic mass is 10.1. The van der Waals surface area contributed by atoms with Gasteiger partial charge in [-0.15, -0.1) is 0 Å². The number of aromatic nitrogens is 2. The molecular weight excluding hydrogens is 322 g/mol. The maximum Gasteiger partial charge on any atom is 0.255 e. The minimum Gasteiger partial charge on any atom is -0.338 e. The van der Waals surface area contributed by atoms with Gasteiger partial charge in [-0.1, -0.05) is 42.5 Å². The maximum absolute atomic E-state index is 12.6. The van der Waals surface area contributed by atoms with Crippen LogP contribution in [0.1, 0.15) is 21.5 Å². The molecule has 3 aromatic carbocycles. The van der Waals surface area contributed by atoms with Gasteiger partial charge in [0.05, 0.1) is 11.0 Å². The van der Waals surface area contributed by atoms with Crippen LogP contribution in [0.15, 0.2) is 66.7 Å². The van der Waals surface area contributed by atoms with Crippen molar-refractivity contribution in [1.29, 1.82) is 0 Å². The molecule has 0 aliphatic carbocycles. The number of aryl methyl sites for hydroxylation is 2. The van der Waals surface area contributed by atoms with E-state index in [1.54, 1.807) is 0 Å². The van der Waals surface area contributed by atoms with Crippen molar-refractivity contribution in [1.82, 2.24) is 9.97 Å². The molecule has 1 amide bonds. The number of imidazole rings is 1. The zero-order valence-corrected chi connectivity index (χ0v) is 14.7. The van der Waals surface area contributed by atoms with Crippen LogP contribution in [0.2, 0.25) is 0 Å². The Morgan fingerprint density at radius 3 is 2.50 bits per heavy atom. The van der Waals surface area contributed by atoms with Gasteiger partial charge in [0, 0.05) is 16.8 Å². The fraction of sp³-hybridized carbons (Fsp3) is 0.0909. The van der Waals surface area contributed by atoms with Gasteiger partial charge in [-0.2, -0.15) is 0 Å². The molecule has 2 N–H and O–H groups in total. The van der Waals surface area contributed by atoms with E-state index in [2.05, 4.69) is 15.3 Å². The van der Waals surface area contributed by atoms with E-state index in [1.807, 2.05) is 80.6 Å². The zero-order valence-electron chi connectivity index (χ0n) is 14.7. The molecule has 4 aromatic rings. The van der Waals surface area contributed by atoms with Crippen LogP contribution in [0, 0.1) is 13.8 Å². The monoisotopic (exact) mass is 341 g/mol. The first kappa shape index (κ1) is 16.1. The first-order chi connectivity index (χ1) is 12.6. The average Bonchev–Trinajstić information content (AvgIpc) is 3.08. The van der Waals surface area contributed by atoms with Crippen LogP contribution in [0.4, 0.5) is 5.69 Å². The lowest BCUT2D eigenvalue weighted by Crippen LogP contribution is -2.14. The van der Waals surface area contributed by atoms with E-state index >= 15 is 0 Å². The summed E-state index contributed by atoms with van der Waals surface area (Å²) in [6, 6.07) is 21.5. The molecule has 0 atom stereocenters. The molecular formula is C22H19N3O. The molecule has 0 aliphatic rings. The number of rotatable bonds is 3. The standard InChI is InChI=1S/C22H19N3O/c1-14-7-3-4-8-17(14)22(26)25-20-13-16(12-11-15(20)2)21-23-18-9-5-6-10-19(18)24-21/h3-13H,1-2H3,(H,23,24)(H,25,26). The third-order valence-corrected chi connectivity index (χ3v) is 4.54. The topological polar surface area (TPSA) is 57.8 Å². The number of nitrogens with one attached hydrogen (secondary N) is 2. The van der Waals surface area contributed by atoms with E-state index in [1.165, 1.54) is 0 Å². The van der Waals surface area contributed by atoms with Crippen molar-refractivity contribution in [3.63, 3.8) is 0 Å². The van der Waals surface area contributed by atoms with Crippen LogP contribution < -0.4 is 5.32 Å². The summed E-state index contributed by atoms with van der Waals surface area (Å²) in [7, 11) is 0. The molecule has 0 saturated heterocycles. The molecule has 4 nitrogen and oxygen atoms in total. The van der Waals surface area contributed by atoms with Gasteiger partial charge in [-0.25, -0.2) is 4.98 Å². The highest BCUT2D eigenvalue weighted by molar-refractivity contribution is 6.05. The number of carbonyl (C=O) groups is 1. The van der Waals surface area contributed by atoms with Crippen molar-refractivity contribution in [2.24, 2.45) is 0 Å². The predicted octanol–water partition coefficient (Wildman–Crippen LogP) is 5.10. The summed E-state index contributed by atoms with van der Waals surface area (Å²) in [5, 5.41) is 3.03. The third-order valence-electron chi connectivity index (χ3n) is 4.54. The molecule has 128 valence electrons. The van der Waals surface area contributed by atoms with Crippen LogP contribution in [-0.2, 0) is 0 Å². The van der Waals surface area contributed by atoms with E-state index in [0.717, 1.165) is 39.2 Å². The number of fused-ring (bicyclic) bond motifs is 1. The van der Waals surface area contributed by atoms with Crippen LogP contribution in [0.25, 0.3) is 22.4 Å². The summed E-state index contributed by atoms with van der Waals surface area (Å²) in [6.45, 7) is 3.92. The number of nitrogens with zero attached hydrogens (tertiary/aromatic N) is 1. The van der Waals surface area contributed by atoms with E-state index in [9.17, 15) is 4.79 Å². The summed E-state index contributed by atoms with van der Waals surface area (Å²) in [4.78, 5) is 20.6. The van der Waals surface area contributed by atoms with E-state index in [0.29, 0.717) is 5.56 Å². The minimum absolute atomic E-state index is 0.104. The van der Waals surface area contributed by atoms with E-state index in [4.69, 9.17) is 0 Å². The minimum atomic E-state index is -0.104. The number of carbonyl (C=O) groups excluding carboxylic acids is 1. The number of benzene rings is 3. The van der Waals surface area contributed by atoms with Crippen molar-refractivity contribution in [3.05, 3.63) is 83.4 Å². The molecule has 26 heavy (non-hydrogen) atoms. The second kappa shape index (κ2) is 6.48. The molecule has 0 fully saturated rings. The lowest BCUT2D eigenvalue weighted by molar-refractivity contribution is 0.102. The first-order valence-electron chi connectivity index (χ1n) is 8.54. The predicted molar refractivity (Wildman–Crippen MR) is 105 cm³/mol. The average molecular weight is 341 g/mol. The Hall–Kier alpha value is -3.40. The Morgan fingerprint density at radius 2 is 1.69 bits per heavy atom. The summed E-state index contributed by atoms with van der Waals surface area (Å²) in [6.07, 6.45) is 0. The number of anilines is 1. The summed E-state index contributed by atoms with van der Waals surface area (Å²) >= 11 is 0. The van der Waals surface area contributed by atoms with Gasteiger partial charge in [-0.05, 0) is 49.2 Å². The second-order valence-electron chi connectivity index (χ2n) is 6.40. The smallest absolute Gasteiger partial charge is 0.255 e. The highest BCUT2D eigenvalue weighted by atomic mass is 16.1. The Labute approximate surface area is 151 Å². The van der Waals surface area contributed by atoms with E-state index < -0.39 is 0 Å². The van der Waals surface area contributed by atoms with Crippen molar-refractivity contribution in [3.8, 4) is 11.4 Å². The summed E-state index contributed by atoms with van der Waals surface area (Å²) in [5.74, 6) is 0.686. The molecule has 4 heteroatoms. The van der Waals surface area contributed by atoms with Crippen LogP contribution in [-0.4, -0.2) is 15.9 Å². The number of H-pyrrole nitrogens is 1. The van der Waals surface area contributed by atoms with Crippen molar-refractivity contribution in [2.75, 3.05) is 5.32 Å². The SMILES string of the molecule is Cc1ccc(-c2nc3ccccc3[nH]2)cc1NC(=O)c1ccccc1C. The third kappa shape index (κ3) is 2.97. The van der Waals surface area contributed by atoms with Crippen molar-refractivity contribution >= 4 is 22.6 Å². The summed E-state index contributed by atoms with van der Waals surface area (Å²) < 4.78 is 0. The largest absolute Gasteiger partial charge is 0.338 e. The van der Waals surface area contributed by atoms with Gasteiger partial charge < -0.3 is 10.3 Å². The van der Waals surface area contributed by atoms with Crippen LogP contribution >= 0.6 is 0 Å². The lowest BCUT2D eigenvalue weighted by Gasteiger charge is -2.11. The number of aromatic amines is 1. The highest BCUT2D eigenvalue weighted by Crippen LogP contribution is 2.26. The van der Waals surface area contributed by atoms with Gasteiger partial charge in [-0.3, -0.25) is 4.79 Å². The molecule has 0 radical (unpaired) electrons. The number of amides is 1. The van der Waals surface area contributed by atoms with Gasteiger partial charge in [0.1, 0.15) is 5.82 Å². The molecule has 0 saturated carbocycles. The fourth-order valence-corrected chi connectivity index (χ4v) is 3.01. The quantitative estimate of drug-likeness (QED) is 0.545. The molecule has 0 bridgehead atoms. The Kier molecular flexibility index (Phi) is 4.01. The molecule has 1 aromatic heterocycles. The highest BCUT2D eigenvalue weighted by Gasteiger charge is 2.12. The number of para-hydroxylation sites is 2. The van der Waals surface area contributed by atoms with Crippen LogP contribution in [0.5, 0.6) is 0 Å². The molecule has 1 heterocycles. The van der Waals surface area contributed by atoms with Crippen molar-refractivity contribution in [2.45, 2.75) is 13.8 Å². The normalized spacial score (nSPS) is 10.8. The zero-order chi connectivity index (χ0) is 18.1. The maximum atomic E-state index is 12.6. The first-order valence-corrected chi connectivity index (χ1v) is 8.54.